The van der Waals surface area contributed by atoms with Crippen molar-refractivity contribution in [2.75, 3.05) is 0 Å². The molecule has 2 heterocycles. The highest BCUT2D eigenvalue weighted by atomic mass is 32.2. The first-order valence-corrected chi connectivity index (χ1v) is 27.0. The molecule has 0 radical (unpaired) electrons. The number of fused-ring (bicyclic) bond motifs is 3. The van der Waals surface area contributed by atoms with Gasteiger partial charge in [0.15, 0.2) is 31.1 Å². The first-order chi connectivity index (χ1) is 33.7. The normalized spacial score (nSPS) is 11.9. The third-order valence-electron chi connectivity index (χ3n) is 11.4. The molecule has 0 unspecified atom stereocenters. The molecule has 10 rings (SSSR count). The van der Waals surface area contributed by atoms with E-state index in [1.165, 1.54) is 29.4 Å². The molecule has 356 valence electrons. The van der Waals surface area contributed by atoms with Gasteiger partial charge in [0.2, 0.25) is 9.79 Å². The molecule has 0 fully saturated rings. The summed E-state index contributed by atoms with van der Waals surface area (Å²) in [7, 11) is -4.54. The second-order valence-corrected chi connectivity index (χ2v) is 22.7. The van der Waals surface area contributed by atoms with Crippen LogP contribution in [0.5, 0.6) is 11.5 Å². The number of carboxylic acid groups (broad SMARTS) is 1. The molecular formula is C60H57NO6S3. The topological polar surface area (TPSA) is 122 Å². The Morgan fingerprint density at radius 2 is 0.929 bits per heavy atom. The van der Waals surface area contributed by atoms with E-state index in [9.17, 15) is 22.9 Å². The van der Waals surface area contributed by atoms with Crippen LogP contribution in [0.15, 0.2) is 247 Å². The predicted octanol–water partition coefficient (Wildman–Crippen LogP) is 14.2. The van der Waals surface area contributed by atoms with E-state index in [0.717, 1.165) is 28.0 Å². The molecule has 70 heavy (non-hydrogen) atoms. The summed E-state index contributed by atoms with van der Waals surface area (Å²) >= 11 is 0. The molecule has 1 aliphatic heterocycles. The number of aromatic carboxylic acids is 1. The summed E-state index contributed by atoms with van der Waals surface area (Å²) < 4.78 is 40.9. The Labute approximate surface area is 418 Å². The fourth-order valence-corrected chi connectivity index (χ4v) is 13.4. The maximum Gasteiger partial charge on any atom is 0.209 e. The fourth-order valence-electron chi connectivity index (χ4n) is 7.89. The van der Waals surface area contributed by atoms with E-state index in [0.29, 0.717) is 17.0 Å². The number of ether oxygens (including phenoxy) is 1. The summed E-state index contributed by atoms with van der Waals surface area (Å²) in [5.41, 5.74) is 3.31. The summed E-state index contributed by atoms with van der Waals surface area (Å²) in [5.74, 6) is 1.09. The molecule has 0 amide bonds. The van der Waals surface area contributed by atoms with Crippen molar-refractivity contribution in [3.63, 3.8) is 0 Å². The Bertz CT molecular complexity index is 3030. The minimum absolute atomic E-state index is 0.00919. The Hall–Kier alpha value is -6.82. The first kappa shape index (κ1) is 51.0. The van der Waals surface area contributed by atoms with Crippen LogP contribution in [0.4, 0.5) is 0 Å². The molecule has 1 aromatic heterocycles. The minimum Gasteiger partial charge on any atom is -0.744 e. The van der Waals surface area contributed by atoms with Crippen molar-refractivity contribution in [3.05, 3.63) is 235 Å². The summed E-state index contributed by atoms with van der Waals surface area (Å²) in [4.78, 5) is 21.1. The fraction of sp³-hybridized carbons (Fsp3) is 0.150. The zero-order valence-electron chi connectivity index (χ0n) is 40.1. The molecule has 8 aromatic carbocycles. The number of hydrogen-bond acceptors (Lipinski definition) is 6. The third kappa shape index (κ3) is 12.7. The van der Waals surface area contributed by atoms with Gasteiger partial charge in [0.25, 0.3) is 0 Å². The molecule has 0 spiro atoms. The van der Waals surface area contributed by atoms with Crippen molar-refractivity contribution in [2.24, 2.45) is 0 Å². The summed E-state index contributed by atoms with van der Waals surface area (Å²) in [6.07, 6.45) is 0. The Kier molecular flexibility index (Phi) is 17.3. The van der Waals surface area contributed by atoms with Gasteiger partial charge in [0.1, 0.15) is 21.0 Å². The highest BCUT2D eigenvalue weighted by Crippen LogP contribution is 2.46. The van der Waals surface area contributed by atoms with E-state index >= 15 is 0 Å². The van der Waals surface area contributed by atoms with Gasteiger partial charge in [-0.1, -0.05) is 169 Å². The Morgan fingerprint density at radius 3 is 1.33 bits per heavy atom. The lowest BCUT2D eigenvalue weighted by atomic mass is 9.89. The lowest BCUT2D eigenvalue weighted by Gasteiger charge is -2.24. The molecule has 10 heteroatoms. The molecule has 9 aromatic rings. The number of carbonyl (C=O) groups is 1. The third-order valence-corrected chi connectivity index (χ3v) is 16.9. The average molecular weight is 984 g/mol. The van der Waals surface area contributed by atoms with Gasteiger partial charge in [-0.05, 0) is 119 Å². The predicted molar refractivity (Wildman–Crippen MR) is 282 cm³/mol. The van der Waals surface area contributed by atoms with Gasteiger partial charge >= 0.3 is 0 Å². The zero-order chi connectivity index (χ0) is 49.8. The highest BCUT2D eigenvalue weighted by Gasteiger charge is 2.38. The minimum atomic E-state index is -4.45. The standard InChI is InChI=1S/C18H13OS.C18H15S.C15H24O3S.C9H7NO2/c1-2-8-14(9-3-1)20-17-12-6-4-10-15(17)19-16-11-5-7-13-18(16)20;1-4-10-16(11-5-1)19(17-12-6-2-7-13-17)18-14-8-3-9-15-18;1-9(2)12-7-13(10(3)4)15(19(16,17)18)14(8-12)11(5)6;11-9(12)8-5-6-3-1-2-4-7(6)10-8/h1-13H;1-15H;7-11H,1-6H3,(H,16,17,18);1-5,10H,(H,11,12)/q2*+1;;/p-2. The van der Waals surface area contributed by atoms with Crippen LogP contribution in [0.2, 0.25) is 0 Å². The smallest absolute Gasteiger partial charge is 0.209 e. The number of aromatic nitrogens is 1. The number of para-hydroxylation sites is 3. The molecule has 0 aliphatic carbocycles. The van der Waals surface area contributed by atoms with E-state index in [4.69, 9.17) is 4.74 Å². The van der Waals surface area contributed by atoms with Crippen LogP contribution < -0.4 is 9.84 Å². The van der Waals surface area contributed by atoms with Crippen LogP contribution in [0.25, 0.3) is 10.9 Å². The monoisotopic (exact) mass is 983 g/mol. The van der Waals surface area contributed by atoms with Crippen molar-refractivity contribution in [3.8, 4) is 11.5 Å². The van der Waals surface area contributed by atoms with Crippen LogP contribution in [-0.2, 0) is 31.9 Å². The van der Waals surface area contributed by atoms with E-state index in [1.54, 1.807) is 6.07 Å². The number of aromatic amines is 1. The van der Waals surface area contributed by atoms with Crippen molar-refractivity contribution in [2.45, 2.75) is 93.6 Å². The van der Waals surface area contributed by atoms with E-state index in [1.807, 2.05) is 88.4 Å². The number of carbonyl (C=O) groups excluding carboxylic acids is 1. The molecule has 7 nitrogen and oxygen atoms in total. The number of benzene rings is 8. The van der Waals surface area contributed by atoms with Gasteiger partial charge in [-0.2, -0.15) is 0 Å². The van der Waals surface area contributed by atoms with Gasteiger partial charge < -0.3 is 24.2 Å². The maximum absolute atomic E-state index is 11.6. The van der Waals surface area contributed by atoms with Crippen LogP contribution >= 0.6 is 0 Å². The van der Waals surface area contributed by atoms with Gasteiger partial charge in [0, 0.05) is 10.9 Å². The number of carboxylic acids is 1. The molecule has 1 aliphatic rings. The van der Waals surface area contributed by atoms with E-state index in [-0.39, 0.29) is 44.2 Å². The molecule has 0 bridgehead atoms. The second-order valence-electron chi connectivity index (χ2n) is 17.4. The lowest BCUT2D eigenvalue weighted by Crippen LogP contribution is -2.22. The number of rotatable bonds is 9. The second kappa shape index (κ2) is 23.7. The van der Waals surface area contributed by atoms with Gasteiger partial charge in [0.05, 0.1) is 27.5 Å². The van der Waals surface area contributed by atoms with E-state index in [2.05, 4.69) is 164 Å². The number of hydrogen-bond donors (Lipinski definition) is 1. The largest absolute Gasteiger partial charge is 0.744 e. The van der Waals surface area contributed by atoms with E-state index < -0.39 is 16.1 Å². The highest BCUT2D eigenvalue weighted by molar-refractivity contribution is 7.97. The summed E-state index contributed by atoms with van der Waals surface area (Å²) in [6.45, 7) is 11.8. The van der Waals surface area contributed by atoms with Crippen molar-refractivity contribution < 1.29 is 27.6 Å². The average Bonchev–Trinajstić information content (AvgIpc) is 3.82. The van der Waals surface area contributed by atoms with Gasteiger partial charge in [-0.15, -0.1) is 0 Å². The van der Waals surface area contributed by atoms with Gasteiger partial charge in [-0.3, -0.25) is 0 Å². The van der Waals surface area contributed by atoms with Crippen LogP contribution in [-0.4, -0.2) is 23.9 Å². The summed E-state index contributed by atoms with van der Waals surface area (Å²) in [5, 5.41) is 11.3. The first-order valence-electron chi connectivity index (χ1n) is 23.2. The van der Waals surface area contributed by atoms with Gasteiger partial charge in [-0.25, -0.2) is 8.42 Å². The lowest BCUT2D eigenvalue weighted by molar-refractivity contribution is -0.255. The van der Waals surface area contributed by atoms with Crippen LogP contribution in [0, 0.1) is 0 Å². The number of nitrogens with one attached hydrogen (secondary N) is 1. The molecular weight excluding hydrogens is 927 g/mol. The molecule has 1 N–H and O–H groups in total. The molecule has 0 atom stereocenters. The SMILES string of the molecule is CC(C)c1cc(C(C)C)c(S(=O)(=O)[O-])c(C(C)C)c1.O=C([O-])c1cc2ccccc2[nH]1.c1ccc([S+](c2ccccc2)c2ccccc2)cc1.c1ccc([S+]2c3ccccc3Oc3ccccc32)cc1. The molecule has 0 saturated heterocycles. The van der Waals surface area contributed by atoms with Crippen molar-refractivity contribution >= 4 is 48.8 Å². The maximum atomic E-state index is 11.6. The van der Waals surface area contributed by atoms with Crippen molar-refractivity contribution in [1.29, 1.82) is 0 Å². The Balaban J connectivity index is 0.000000140. The molecule has 0 saturated carbocycles. The summed E-state index contributed by atoms with van der Waals surface area (Å²) in [6, 6.07) is 72.1. The number of H-pyrrole nitrogens is 1. The van der Waals surface area contributed by atoms with Crippen molar-refractivity contribution in [1.82, 2.24) is 4.98 Å². The van der Waals surface area contributed by atoms with Crippen LogP contribution in [0.3, 0.4) is 0 Å². The zero-order valence-corrected chi connectivity index (χ0v) is 42.6. The quantitative estimate of drug-likeness (QED) is 0.114. The Morgan fingerprint density at radius 1 is 0.529 bits per heavy atom. The van der Waals surface area contributed by atoms with Crippen LogP contribution in [0.1, 0.15) is 86.5 Å².